The van der Waals surface area contributed by atoms with E-state index < -0.39 is 18.3 Å². The predicted octanol–water partition coefficient (Wildman–Crippen LogP) is 3.59. The Hall–Kier alpha value is -0.693. The van der Waals surface area contributed by atoms with Crippen LogP contribution < -0.4 is 4.39 Å². The summed E-state index contributed by atoms with van der Waals surface area (Å²) in [5.41, 5.74) is 1.11. The Bertz CT molecular complexity index is 602. The quantitative estimate of drug-likeness (QED) is 0.832. The van der Waals surface area contributed by atoms with Gasteiger partial charge in [0.1, 0.15) is 8.24 Å². The SMILES string of the molecule is CC(c1ccc(S(=O)(=O)N[Si](C)(C)C(C)(C)C)cc1)N(C)C. The second-order valence-corrected chi connectivity index (χ2v) is 14.7. The van der Waals surface area contributed by atoms with Crippen molar-refractivity contribution >= 4 is 18.3 Å². The molecule has 0 radical (unpaired) electrons. The molecule has 22 heavy (non-hydrogen) atoms. The van der Waals surface area contributed by atoms with Gasteiger partial charge in [-0.05, 0) is 43.8 Å². The maximum absolute atomic E-state index is 12.6. The topological polar surface area (TPSA) is 49.4 Å². The van der Waals surface area contributed by atoms with Crippen LogP contribution in [0, 0.1) is 0 Å². The average Bonchev–Trinajstić information content (AvgIpc) is 2.35. The van der Waals surface area contributed by atoms with E-state index in [1.165, 1.54) is 0 Å². The Balaban J connectivity index is 3.05. The van der Waals surface area contributed by atoms with Crippen LogP contribution in [0.15, 0.2) is 29.2 Å². The van der Waals surface area contributed by atoms with Crippen molar-refractivity contribution in [1.29, 1.82) is 0 Å². The van der Waals surface area contributed by atoms with Crippen molar-refractivity contribution in [2.45, 2.75) is 56.8 Å². The number of nitrogens with one attached hydrogen (secondary N) is 1. The van der Waals surface area contributed by atoms with Crippen LogP contribution in [-0.2, 0) is 10.0 Å². The first-order chi connectivity index (χ1) is 9.78. The van der Waals surface area contributed by atoms with Gasteiger partial charge in [0.15, 0.2) is 0 Å². The van der Waals surface area contributed by atoms with Crippen molar-refractivity contribution in [3.8, 4) is 0 Å². The fourth-order valence-electron chi connectivity index (χ4n) is 1.77. The van der Waals surface area contributed by atoms with Crippen LogP contribution in [0.5, 0.6) is 0 Å². The summed E-state index contributed by atoms with van der Waals surface area (Å²) in [4.78, 5) is 2.43. The van der Waals surface area contributed by atoms with Gasteiger partial charge in [-0.1, -0.05) is 46.0 Å². The fraction of sp³-hybridized carbons (Fsp3) is 0.625. The third-order valence-electron chi connectivity index (χ3n) is 4.71. The van der Waals surface area contributed by atoms with Gasteiger partial charge in [-0.3, -0.25) is 0 Å². The third kappa shape index (κ3) is 4.41. The lowest BCUT2D eigenvalue weighted by Crippen LogP contribution is -2.54. The Morgan fingerprint density at radius 1 is 1.09 bits per heavy atom. The second-order valence-electron chi connectivity index (χ2n) is 7.69. The summed E-state index contributed by atoms with van der Waals surface area (Å²) in [5, 5.41) is -0.0422. The van der Waals surface area contributed by atoms with E-state index in [0.29, 0.717) is 4.90 Å². The highest BCUT2D eigenvalue weighted by atomic mass is 32.2. The Kier molecular flexibility index (Phi) is 5.66. The minimum absolute atomic E-state index is 0.0422. The van der Waals surface area contributed by atoms with Gasteiger partial charge in [0.25, 0.3) is 0 Å². The maximum Gasteiger partial charge on any atom is 0.234 e. The molecule has 6 heteroatoms. The zero-order chi connectivity index (χ0) is 17.3. The first-order valence-electron chi connectivity index (χ1n) is 7.58. The van der Waals surface area contributed by atoms with Crippen LogP contribution in [0.4, 0.5) is 0 Å². The lowest BCUT2D eigenvalue weighted by Gasteiger charge is -2.36. The standard InChI is InChI=1S/C16H30N2O2SSi/c1-13(18(5)6)14-9-11-15(12-10-14)21(19,20)17-22(7,8)16(2,3)4/h9-13,17H,1-8H3. The van der Waals surface area contributed by atoms with Crippen molar-refractivity contribution in [1.82, 2.24) is 9.29 Å². The van der Waals surface area contributed by atoms with E-state index >= 15 is 0 Å². The summed E-state index contributed by atoms with van der Waals surface area (Å²) in [7, 11) is -1.57. The lowest BCUT2D eigenvalue weighted by molar-refractivity contribution is 0.321. The van der Waals surface area contributed by atoms with E-state index in [4.69, 9.17) is 0 Å². The van der Waals surface area contributed by atoms with Gasteiger partial charge < -0.3 is 4.90 Å². The smallest absolute Gasteiger partial charge is 0.234 e. The van der Waals surface area contributed by atoms with Crippen LogP contribution >= 0.6 is 0 Å². The van der Waals surface area contributed by atoms with Crippen molar-refractivity contribution in [3.63, 3.8) is 0 Å². The minimum Gasteiger partial charge on any atom is -0.303 e. The number of nitrogens with zero attached hydrogens (tertiary/aromatic N) is 1. The van der Waals surface area contributed by atoms with E-state index in [2.05, 4.69) is 37.0 Å². The van der Waals surface area contributed by atoms with Crippen molar-refractivity contribution < 1.29 is 8.42 Å². The molecule has 0 fully saturated rings. The van der Waals surface area contributed by atoms with Crippen LogP contribution in [-0.4, -0.2) is 35.6 Å². The molecule has 1 unspecified atom stereocenters. The summed E-state index contributed by atoms with van der Waals surface area (Å²) < 4.78 is 28.2. The fourth-order valence-corrected chi connectivity index (χ4v) is 6.65. The molecule has 0 bridgehead atoms. The number of hydrogen-bond donors (Lipinski definition) is 1. The van der Waals surface area contributed by atoms with Gasteiger partial charge in [-0.15, -0.1) is 0 Å². The summed E-state index contributed by atoms with van der Waals surface area (Å²) >= 11 is 0. The maximum atomic E-state index is 12.6. The van der Waals surface area contributed by atoms with Crippen LogP contribution in [0.2, 0.25) is 18.1 Å². The monoisotopic (exact) mass is 342 g/mol. The molecule has 0 heterocycles. The molecule has 0 aliphatic heterocycles. The summed E-state index contributed by atoms with van der Waals surface area (Å²) in [5.74, 6) is 0. The van der Waals surface area contributed by atoms with Crippen molar-refractivity contribution in [3.05, 3.63) is 29.8 Å². The molecule has 126 valence electrons. The van der Waals surface area contributed by atoms with Gasteiger partial charge in [0.05, 0.1) is 4.90 Å². The third-order valence-corrected chi connectivity index (χ3v) is 12.5. The summed E-state index contributed by atoms with van der Waals surface area (Å²) in [6, 6.07) is 7.44. The highest BCUT2D eigenvalue weighted by Crippen LogP contribution is 2.34. The van der Waals surface area contributed by atoms with E-state index in [1.54, 1.807) is 12.1 Å². The molecule has 0 aromatic heterocycles. The van der Waals surface area contributed by atoms with Gasteiger partial charge in [0, 0.05) is 6.04 Å². The molecule has 4 nitrogen and oxygen atoms in total. The van der Waals surface area contributed by atoms with E-state index in [0.717, 1.165) is 5.56 Å². The Morgan fingerprint density at radius 3 is 1.91 bits per heavy atom. The van der Waals surface area contributed by atoms with Gasteiger partial charge in [-0.2, -0.15) is 0 Å². The van der Waals surface area contributed by atoms with E-state index in [-0.39, 0.29) is 11.1 Å². The van der Waals surface area contributed by atoms with E-state index in [1.807, 2.05) is 39.3 Å². The van der Waals surface area contributed by atoms with Crippen LogP contribution in [0.1, 0.15) is 39.3 Å². The zero-order valence-corrected chi connectivity index (χ0v) is 16.9. The number of benzene rings is 1. The highest BCUT2D eigenvalue weighted by molar-refractivity contribution is 7.91. The molecule has 1 aromatic rings. The van der Waals surface area contributed by atoms with Gasteiger partial charge in [-0.25, -0.2) is 12.8 Å². The summed E-state index contributed by atoms with van der Waals surface area (Å²) in [6.07, 6.45) is 0. The normalized spacial score (nSPS) is 15.1. The molecular formula is C16H30N2O2SSi. The van der Waals surface area contributed by atoms with Crippen molar-refractivity contribution in [2.24, 2.45) is 0 Å². The molecule has 0 amide bonds. The number of hydrogen-bond acceptors (Lipinski definition) is 3. The Morgan fingerprint density at radius 2 is 1.55 bits per heavy atom. The molecule has 0 spiro atoms. The Labute approximate surface area is 137 Å². The summed E-state index contributed by atoms with van der Waals surface area (Å²) in [6.45, 7) is 12.5. The minimum atomic E-state index is -3.47. The highest BCUT2D eigenvalue weighted by Gasteiger charge is 2.39. The largest absolute Gasteiger partial charge is 0.303 e. The van der Waals surface area contributed by atoms with E-state index in [9.17, 15) is 8.42 Å². The molecule has 1 rings (SSSR count). The molecule has 1 aromatic carbocycles. The first kappa shape index (κ1) is 19.4. The lowest BCUT2D eigenvalue weighted by atomic mass is 10.1. The predicted molar refractivity (Wildman–Crippen MR) is 96.1 cm³/mol. The molecule has 1 N–H and O–H groups in total. The average molecular weight is 343 g/mol. The van der Waals surface area contributed by atoms with Crippen molar-refractivity contribution in [2.75, 3.05) is 14.1 Å². The van der Waals surface area contributed by atoms with Crippen LogP contribution in [0.25, 0.3) is 0 Å². The molecule has 0 aliphatic rings. The van der Waals surface area contributed by atoms with Gasteiger partial charge in [0.2, 0.25) is 10.0 Å². The van der Waals surface area contributed by atoms with Gasteiger partial charge >= 0.3 is 0 Å². The second kappa shape index (κ2) is 6.43. The molecule has 0 saturated carbocycles. The molecule has 0 aliphatic carbocycles. The number of sulfonamides is 1. The first-order valence-corrected chi connectivity index (χ1v) is 12.1. The zero-order valence-electron chi connectivity index (χ0n) is 15.1. The molecule has 1 atom stereocenters. The molecule has 0 saturated heterocycles. The number of rotatable bonds is 5. The molecular weight excluding hydrogens is 312 g/mol. The van der Waals surface area contributed by atoms with Crippen LogP contribution in [0.3, 0.4) is 0 Å².